The van der Waals surface area contributed by atoms with E-state index in [0.29, 0.717) is 19.0 Å². The molecule has 0 radical (unpaired) electrons. The first-order chi connectivity index (χ1) is 11.8. The van der Waals surface area contributed by atoms with Crippen LogP contribution in [0.3, 0.4) is 0 Å². The lowest BCUT2D eigenvalue weighted by molar-refractivity contribution is 0.393. The molecule has 25 heavy (non-hydrogen) atoms. The lowest BCUT2D eigenvalue weighted by atomic mass is 10.0. The lowest BCUT2D eigenvalue weighted by Gasteiger charge is -2.19. The van der Waals surface area contributed by atoms with Crippen molar-refractivity contribution in [1.82, 2.24) is 14.4 Å². The maximum atomic E-state index is 12.3. The Morgan fingerprint density at radius 1 is 1.32 bits per heavy atom. The third kappa shape index (κ3) is 3.62. The second-order valence-corrected chi connectivity index (χ2v) is 9.51. The lowest BCUT2D eigenvalue weighted by Crippen LogP contribution is -2.34. The van der Waals surface area contributed by atoms with Crippen molar-refractivity contribution in [2.24, 2.45) is 5.92 Å². The van der Waals surface area contributed by atoms with Gasteiger partial charge in [0.1, 0.15) is 5.76 Å². The van der Waals surface area contributed by atoms with E-state index in [2.05, 4.69) is 5.16 Å². The van der Waals surface area contributed by atoms with Crippen molar-refractivity contribution in [2.75, 3.05) is 13.1 Å². The Kier molecular flexibility index (Phi) is 4.97. The smallest absolute Gasteiger partial charge is 0.216 e. The molecule has 0 unspecified atom stereocenters. The minimum Gasteiger partial charge on any atom is -0.361 e. The fourth-order valence-electron chi connectivity index (χ4n) is 3.37. The molecule has 0 spiro atoms. The predicted molar refractivity (Wildman–Crippen MR) is 96.6 cm³/mol. The summed E-state index contributed by atoms with van der Waals surface area (Å²) in [6.07, 6.45) is 1.66. The van der Waals surface area contributed by atoms with Gasteiger partial charge in [0.05, 0.1) is 22.2 Å². The van der Waals surface area contributed by atoms with Gasteiger partial charge in [-0.3, -0.25) is 4.98 Å². The highest BCUT2D eigenvalue weighted by Crippen LogP contribution is 2.27. The van der Waals surface area contributed by atoms with Crippen molar-refractivity contribution < 1.29 is 12.9 Å². The summed E-state index contributed by atoms with van der Waals surface area (Å²) in [6.45, 7) is 8.45. The molecule has 0 aromatic carbocycles. The number of hydrogen-bond donors (Lipinski definition) is 0. The van der Waals surface area contributed by atoms with E-state index in [4.69, 9.17) is 9.51 Å². The number of rotatable bonds is 5. The SMILES string of the molecule is Cc1noc(C)c1-c1cccc(C[C@H]2CCN(S(=O)(=O)C(C)C)C2)n1. The molecule has 1 saturated heterocycles. The summed E-state index contributed by atoms with van der Waals surface area (Å²) in [6, 6.07) is 5.95. The number of aryl methyl sites for hydroxylation is 2. The summed E-state index contributed by atoms with van der Waals surface area (Å²) in [4.78, 5) is 4.75. The number of aromatic nitrogens is 2. The Bertz CT molecular complexity index is 839. The van der Waals surface area contributed by atoms with Gasteiger partial charge in [-0.25, -0.2) is 12.7 Å². The Morgan fingerprint density at radius 2 is 2.08 bits per heavy atom. The standard InChI is InChI=1S/C18H25N3O3S/c1-12(2)25(22,23)21-9-8-15(11-21)10-16-6-5-7-17(19-16)18-13(3)20-24-14(18)4/h5-7,12,15H,8-11H2,1-4H3/t15-/m1/s1. The Balaban J connectivity index is 1.74. The molecule has 136 valence electrons. The van der Waals surface area contributed by atoms with Gasteiger partial charge in [0.2, 0.25) is 10.0 Å². The number of nitrogens with zero attached hydrogens (tertiary/aromatic N) is 3. The molecule has 3 heterocycles. The first kappa shape index (κ1) is 18.1. The van der Waals surface area contributed by atoms with E-state index in [0.717, 1.165) is 41.2 Å². The monoisotopic (exact) mass is 363 g/mol. The average Bonchev–Trinajstić information content (AvgIpc) is 3.15. The minimum absolute atomic E-state index is 0.306. The molecule has 0 aliphatic carbocycles. The van der Waals surface area contributed by atoms with Gasteiger partial charge in [-0.15, -0.1) is 0 Å². The van der Waals surface area contributed by atoms with Crippen molar-refractivity contribution in [1.29, 1.82) is 0 Å². The number of pyridine rings is 1. The molecule has 0 amide bonds. The Morgan fingerprint density at radius 3 is 2.72 bits per heavy atom. The molecule has 1 fully saturated rings. The highest BCUT2D eigenvalue weighted by molar-refractivity contribution is 7.89. The van der Waals surface area contributed by atoms with Crippen molar-refractivity contribution >= 4 is 10.0 Å². The van der Waals surface area contributed by atoms with Crippen molar-refractivity contribution in [3.63, 3.8) is 0 Å². The van der Waals surface area contributed by atoms with Crippen LogP contribution in [0.15, 0.2) is 22.7 Å². The summed E-state index contributed by atoms with van der Waals surface area (Å²) >= 11 is 0. The average molecular weight is 363 g/mol. The molecule has 1 aliphatic heterocycles. The third-order valence-electron chi connectivity index (χ3n) is 4.80. The number of hydrogen-bond acceptors (Lipinski definition) is 5. The zero-order valence-electron chi connectivity index (χ0n) is 15.2. The normalized spacial score (nSPS) is 19.0. The van der Waals surface area contributed by atoms with Crippen molar-refractivity contribution in [3.05, 3.63) is 35.3 Å². The molecule has 3 rings (SSSR count). The van der Waals surface area contributed by atoms with Crippen LogP contribution in [0.2, 0.25) is 0 Å². The quantitative estimate of drug-likeness (QED) is 0.816. The molecule has 6 nitrogen and oxygen atoms in total. The van der Waals surface area contributed by atoms with Gasteiger partial charge in [0, 0.05) is 18.8 Å². The van der Waals surface area contributed by atoms with Gasteiger partial charge in [-0.1, -0.05) is 11.2 Å². The minimum atomic E-state index is -3.16. The van der Waals surface area contributed by atoms with Gasteiger partial charge in [0.25, 0.3) is 0 Å². The molecule has 2 aromatic rings. The van der Waals surface area contributed by atoms with E-state index in [1.54, 1.807) is 18.2 Å². The fourth-order valence-corrected chi connectivity index (χ4v) is 4.74. The van der Waals surface area contributed by atoms with E-state index < -0.39 is 10.0 Å². The second-order valence-electron chi connectivity index (χ2n) is 7.02. The van der Waals surface area contributed by atoms with Crippen LogP contribution in [-0.4, -0.2) is 41.2 Å². The summed E-state index contributed by atoms with van der Waals surface area (Å²) in [5.74, 6) is 1.07. The first-order valence-electron chi connectivity index (χ1n) is 8.67. The van der Waals surface area contributed by atoms with Crippen LogP contribution in [0.1, 0.15) is 37.4 Å². The zero-order valence-corrected chi connectivity index (χ0v) is 16.0. The Hall–Kier alpha value is -1.73. The topological polar surface area (TPSA) is 76.3 Å². The number of sulfonamides is 1. The van der Waals surface area contributed by atoms with Crippen LogP contribution < -0.4 is 0 Å². The molecule has 1 atom stereocenters. The largest absolute Gasteiger partial charge is 0.361 e. The van der Waals surface area contributed by atoms with E-state index in [1.807, 2.05) is 32.0 Å². The molecular formula is C18H25N3O3S. The third-order valence-corrected chi connectivity index (χ3v) is 7.04. The van der Waals surface area contributed by atoms with Crippen LogP contribution in [-0.2, 0) is 16.4 Å². The van der Waals surface area contributed by atoms with Gasteiger partial charge in [-0.2, -0.15) is 0 Å². The molecule has 0 bridgehead atoms. The van der Waals surface area contributed by atoms with E-state index in [9.17, 15) is 8.42 Å². The van der Waals surface area contributed by atoms with Crippen LogP contribution in [0.5, 0.6) is 0 Å². The molecule has 0 saturated carbocycles. The van der Waals surface area contributed by atoms with Crippen LogP contribution >= 0.6 is 0 Å². The molecule has 7 heteroatoms. The summed E-state index contributed by atoms with van der Waals surface area (Å²) in [5.41, 5.74) is 3.61. The van der Waals surface area contributed by atoms with E-state index in [-0.39, 0.29) is 5.25 Å². The highest BCUT2D eigenvalue weighted by atomic mass is 32.2. The maximum Gasteiger partial charge on any atom is 0.216 e. The van der Waals surface area contributed by atoms with E-state index >= 15 is 0 Å². The van der Waals surface area contributed by atoms with Crippen LogP contribution in [0, 0.1) is 19.8 Å². The molecule has 1 aliphatic rings. The second kappa shape index (κ2) is 6.88. The predicted octanol–water partition coefficient (Wildman–Crippen LogP) is 2.96. The van der Waals surface area contributed by atoms with Gasteiger partial charge < -0.3 is 4.52 Å². The molecule has 2 aromatic heterocycles. The van der Waals surface area contributed by atoms with Crippen LogP contribution in [0.25, 0.3) is 11.3 Å². The highest BCUT2D eigenvalue weighted by Gasteiger charge is 2.33. The van der Waals surface area contributed by atoms with Crippen molar-refractivity contribution in [2.45, 2.75) is 45.8 Å². The van der Waals surface area contributed by atoms with E-state index in [1.165, 1.54) is 0 Å². The summed E-state index contributed by atoms with van der Waals surface area (Å²) < 4.78 is 31.5. The Labute approximate surface area is 149 Å². The summed E-state index contributed by atoms with van der Waals surface area (Å²) in [5, 5.41) is 3.62. The zero-order chi connectivity index (χ0) is 18.2. The molecular weight excluding hydrogens is 338 g/mol. The van der Waals surface area contributed by atoms with Gasteiger partial charge in [-0.05, 0) is 58.6 Å². The fraction of sp³-hybridized carbons (Fsp3) is 0.556. The molecule has 0 N–H and O–H groups in total. The summed E-state index contributed by atoms with van der Waals surface area (Å²) in [7, 11) is -3.16. The van der Waals surface area contributed by atoms with Crippen molar-refractivity contribution in [3.8, 4) is 11.3 Å². The van der Waals surface area contributed by atoms with Gasteiger partial charge >= 0.3 is 0 Å². The first-order valence-corrected chi connectivity index (χ1v) is 10.2. The van der Waals surface area contributed by atoms with Crippen LogP contribution in [0.4, 0.5) is 0 Å². The maximum absolute atomic E-state index is 12.3. The van der Waals surface area contributed by atoms with Gasteiger partial charge in [0.15, 0.2) is 0 Å².